The van der Waals surface area contributed by atoms with E-state index in [1.165, 1.54) is 11.1 Å². The van der Waals surface area contributed by atoms with Gasteiger partial charge in [0.15, 0.2) is 0 Å². The smallest absolute Gasteiger partial charge is 0.342 e. The molecule has 0 radical (unpaired) electrons. The lowest BCUT2D eigenvalue weighted by Gasteiger charge is -2.33. The number of nitrogens with one attached hydrogen (secondary N) is 2. The molecule has 1 aliphatic heterocycles. The molecule has 1 aromatic carbocycles. The van der Waals surface area contributed by atoms with Crippen molar-refractivity contribution in [3.8, 4) is 0 Å². The fourth-order valence-electron chi connectivity index (χ4n) is 4.30. The molecule has 1 aliphatic rings. The molecule has 0 aliphatic carbocycles. The summed E-state index contributed by atoms with van der Waals surface area (Å²) in [5.41, 5.74) is 4.09. The van der Waals surface area contributed by atoms with E-state index >= 15 is 0 Å². The number of pyridine rings is 1. The van der Waals surface area contributed by atoms with E-state index < -0.39 is 5.97 Å². The zero-order valence-electron chi connectivity index (χ0n) is 22.7. The molecular formula is C30H35ClN4O5. The summed E-state index contributed by atoms with van der Waals surface area (Å²) in [5.74, 6) is -0.798. The maximum absolute atomic E-state index is 11.5. The Morgan fingerprint density at radius 2 is 2.08 bits per heavy atom. The lowest BCUT2D eigenvalue weighted by molar-refractivity contribution is -0.132. The van der Waals surface area contributed by atoms with Crippen molar-refractivity contribution < 1.29 is 24.5 Å². The van der Waals surface area contributed by atoms with E-state index in [2.05, 4.69) is 40.5 Å². The Kier molecular flexibility index (Phi) is 11.1. The first kappa shape index (κ1) is 30.6. The highest BCUT2D eigenvalue weighted by Crippen LogP contribution is 2.29. The van der Waals surface area contributed by atoms with Gasteiger partial charge < -0.3 is 30.4 Å². The lowest BCUT2D eigenvalue weighted by atomic mass is 9.96. The predicted molar refractivity (Wildman–Crippen MR) is 157 cm³/mol. The van der Waals surface area contributed by atoms with Crippen LogP contribution in [0.2, 0.25) is 0 Å². The summed E-state index contributed by atoms with van der Waals surface area (Å²) >= 11 is 6.36. The summed E-state index contributed by atoms with van der Waals surface area (Å²) in [6, 6.07) is 11.5. The Labute approximate surface area is 239 Å². The highest BCUT2D eigenvalue weighted by Gasteiger charge is 2.21. The number of ether oxygens (including phenoxy) is 2. The van der Waals surface area contributed by atoms with Gasteiger partial charge in [0.2, 0.25) is 5.88 Å². The number of hydrogen-bond acceptors (Lipinski definition) is 8. The number of aliphatic hydroxyl groups excluding tert-OH is 1. The van der Waals surface area contributed by atoms with Gasteiger partial charge in [-0.3, -0.25) is 4.90 Å². The average Bonchev–Trinajstić information content (AvgIpc) is 2.94. The van der Waals surface area contributed by atoms with Gasteiger partial charge in [0.25, 0.3) is 0 Å². The third kappa shape index (κ3) is 7.59. The summed E-state index contributed by atoms with van der Waals surface area (Å²) in [5, 5.41) is 29.3. The second-order valence-electron chi connectivity index (χ2n) is 9.15. The van der Waals surface area contributed by atoms with Crippen molar-refractivity contribution in [3.63, 3.8) is 0 Å². The molecule has 0 fully saturated rings. The summed E-state index contributed by atoms with van der Waals surface area (Å²) in [6.45, 7) is 13.8. The Morgan fingerprint density at radius 1 is 1.30 bits per heavy atom. The molecule has 4 N–H and O–H groups in total. The first-order valence-electron chi connectivity index (χ1n) is 12.9. The molecule has 3 rings (SSSR count). The Bertz CT molecular complexity index is 1340. The number of aliphatic carboxylic acids is 1. The number of fused-ring (bicyclic) bond motifs is 1. The monoisotopic (exact) mass is 566 g/mol. The molecule has 1 aromatic heterocycles. The van der Waals surface area contributed by atoms with Crippen LogP contribution in [-0.2, 0) is 33.8 Å². The normalized spacial score (nSPS) is 15.1. The Morgan fingerprint density at radius 3 is 2.70 bits per heavy atom. The van der Waals surface area contributed by atoms with Gasteiger partial charge in [-0.1, -0.05) is 55.1 Å². The van der Waals surface area contributed by atoms with Crippen LogP contribution in [0.25, 0.3) is 5.57 Å². The van der Waals surface area contributed by atoms with Crippen molar-refractivity contribution in [3.05, 3.63) is 100 Å². The third-order valence-electron chi connectivity index (χ3n) is 6.45. The van der Waals surface area contributed by atoms with Gasteiger partial charge in [-0.05, 0) is 49.1 Å². The van der Waals surface area contributed by atoms with E-state index in [0.29, 0.717) is 29.1 Å². The number of aromatic nitrogens is 1. The highest BCUT2D eigenvalue weighted by atomic mass is 35.5. The van der Waals surface area contributed by atoms with Crippen molar-refractivity contribution >= 4 is 35.2 Å². The second kappa shape index (κ2) is 14.5. The van der Waals surface area contributed by atoms with E-state index in [1.807, 2.05) is 13.0 Å². The minimum absolute atomic E-state index is 0.0987. The third-order valence-corrected chi connectivity index (χ3v) is 6.62. The number of carboxylic acid groups (broad SMARTS) is 1. The van der Waals surface area contributed by atoms with Gasteiger partial charge in [-0.25, -0.2) is 9.78 Å². The van der Waals surface area contributed by atoms with Crippen LogP contribution in [0.15, 0.2) is 77.9 Å². The minimum atomic E-state index is -1.30. The molecule has 0 bridgehead atoms. The topological polar surface area (TPSA) is 128 Å². The largest absolute Gasteiger partial charge is 0.487 e. The van der Waals surface area contributed by atoms with Crippen LogP contribution in [0.3, 0.4) is 0 Å². The van der Waals surface area contributed by atoms with Crippen molar-refractivity contribution in [1.29, 1.82) is 5.41 Å². The predicted octanol–water partition coefficient (Wildman–Crippen LogP) is 5.08. The summed E-state index contributed by atoms with van der Waals surface area (Å²) in [6.07, 6.45) is 3.16. The second-order valence-corrected chi connectivity index (χ2v) is 9.61. The van der Waals surface area contributed by atoms with Gasteiger partial charge in [0, 0.05) is 30.9 Å². The Balaban J connectivity index is 1.86. The molecule has 212 valence electrons. The quantitative estimate of drug-likeness (QED) is 0.108. The van der Waals surface area contributed by atoms with Crippen LogP contribution in [0.1, 0.15) is 36.2 Å². The number of nitrogens with zero attached hydrogens (tertiary/aromatic N) is 2. The molecule has 40 heavy (non-hydrogen) atoms. The van der Waals surface area contributed by atoms with Crippen LogP contribution in [0.5, 0.6) is 0 Å². The highest BCUT2D eigenvalue weighted by molar-refractivity contribution is 6.32. The first-order chi connectivity index (χ1) is 19.2. The molecule has 0 amide bonds. The van der Waals surface area contributed by atoms with Crippen molar-refractivity contribution in [2.24, 2.45) is 0 Å². The molecule has 2 aromatic rings. The maximum atomic E-state index is 11.5. The maximum Gasteiger partial charge on any atom is 0.342 e. The number of anilines is 1. The van der Waals surface area contributed by atoms with Crippen LogP contribution in [-0.4, -0.2) is 58.1 Å². The van der Waals surface area contributed by atoms with Crippen molar-refractivity contribution in [1.82, 2.24) is 9.88 Å². The number of rotatable bonds is 14. The number of allylic oxidation sites excluding steroid dienone is 3. The Hall–Kier alpha value is -3.92. The van der Waals surface area contributed by atoms with Gasteiger partial charge in [-0.15, -0.1) is 0 Å². The van der Waals surface area contributed by atoms with E-state index in [4.69, 9.17) is 26.5 Å². The summed E-state index contributed by atoms with van der Waals surface area (Å²) < 4.78 is 11.6. The minimum Gasteiger partial charge on any atom is -0.487 e. The van der Waals surface area contributed by atoms with Crippen LogP contribution >= 0.6 is 11.6 Å². The SMILES string of the molecule is C=C/C(=C(/OCc1ccc2c(c1)CCN(C(C)CO)C2)C(=C)Cl)c1cccc(N/C(OCC)=C(\C=N)C(=O)O)n1. The van der Waals surface area contributed by atoms with Gasteiger partial charge in [0.1, 0.15) is 23.8 Å². The molecule has 9 nitrogen and oxygen atoms in total. The number of aliphatic hydroxyl groups is 1. The van der Waals surface area contributed by atoms with Gasteiger partial charge in [-0.2, -0.15) is 0 Å². The van der Waals surface area contributed by atoms with Gasteiger partial charge >= 0.3 is 5.97 Å². The molecule has 1 atom stereocenters. The summed E-state index contributed by atoms with van der Waals surface area (Å²) in [4.78, 5) is 18.4. The van der Waals surface area contributed by atoms with E-state index in [1.54, 1.807) is 31.2 Å². The summed E-state index contributed by atoms with van der Waals surface area (Å²) in [7, 11) is 0. The van der Waals surface area contributed by atoms with E-state index in [-0.39, 0.29) is 42.4 Å². The number of hydrogen-bond donors (Lipinski definition) is 4. The van der Waals surface area contributed by atoms with Crippen molar-refractivity contribution in [2.45, 2.75) is 39.5 Å². The molecular weight excluding hydrogens is 532 g/mol. The number of halogens is 1. The van der Waals surface area contributed by atoms with Crippen LogP contribution in [0.4, 0.5) is 5.82 Å². The van der Waals surface area contributed by atoms with E-state index in [9.17, 15) is 15.0 Å². The van der Waals surface area contributed by atoms with Crippen LogP contribution in [0, 0.1) is 5.41 Å². The fourth-order valence-corrected chi connectivity index (χ4v) is 4.46. The molecule has 2 heterocycles. The molecule has 0 spiro atoms. The van der Waals surface area contributed by atoms with Crippen LogP contribution < -0.4 is 5.32 Å². The molecule has 1 unspecified atom stereocenters. The van der Waals surface area contributed by atoms with E-state index in [0.717, 1.165) is 25.1 Å². The standard InChI is InChI=1S/C30H35ClN4O5/c1-5-24(26-8-7-9-27(33-26)34-29(39-6-2)25(15-32)30(37)38)28(20(4)31)40-18-21-10-11-23-16-35(19(3)17-36)13-12-22(23)14-21/h5,7-11,14-15,19,32,36H,1,4,6,12-13,16-18H2,2-3H3,(H,33,34)(H,37,38)/b28-24-,29-25-,32-15?. The zero-order chi connectivity index (χ0) is 29.2. The lowest BCUT2D eigenvalue weighted by Crippen LogP contribution is -2.39. The first-order valence-corrected chi connectivity index (χ1v) is 13.2. The molecule has 0 saturated heterocycles. The number of benzene rings is 1. The average molecular weight is 567 g/mol. The number of carboxylic acids is 1. The van der Waals surface area contributed by atoms with Gasteiger partial charge in [0.05, 0.1) is 23.9 Å². The number of carbonyl (C=O) groups is 1. The van der Waals surface area contributed by atoms with Crippen molar-refractivity contribution in [2.75, 3.05) is 25.1 Å². The fraction of sp³-hybridized carbons (Fsp3) is 0.300. The molecule has 10 heteroatoms. The molecule has 0 saturated carbocycles. The zero-order valence-corrected chi connectivity index (χ0v) is 23.5.